The molecule has 2 heterocycles. The number of rotatable bonds is 6. The molecule has 1 aromatic rings. The maximum absolute atomic E-state index is 13.1. The number of nitrogens with zero attached hydrogens (tertiary/aromatic N) is 1. The van der Waals surface area contributed by atoms with Gasteiger partial charge in [0.05, 0.1) is 20.3 Å². The van der Waals surface area contributed by atoms with E-state index in [1.54, 1.807) is 31.4 Å². The Bertz CT molecular complexity index is 662. The first-order chi connectivity index (χ1) is 13.5. The second kappa shape index (κ2) is 9.39. The zero-order valence-corrected chi connectivity index (χ0v) is 16.8. The SMILES string of the molecule is COc1ccc(C(=O)NC(C(=O)N2CCC(C3OCCO3)CC2)C(C)C)cc1. The summed E-state index contributed by atoms with van der Waals surface area (Å²) in [5, 5.41) is 2.91. The summed E-state index contributed by atoms with van der Waals surface area (Å²) >= 11 is 0. The van der Waals surface area contributed by atoms with Gasteiger partial charge in [-0.25, -0.2) is 0 Å². The van der Waals surface area contributed by atoms with Gasteiger partial charge in [-0.05, 0) is 43.0 Å². The van der Waals surface area contributed by atoms with Crippen LogP contribution in [0.25, 0.3) is 0 Å². The lowest BCUT2D eigenvalue weighted by molar-refractivity contribution is -0.139. The highest BCUT2D eigenvalue weighted by Gasteiger charge is 2.35. The minimum atomic E-state index is -0.551. The molecular weight excluding hydrogens is 360 g/mol. The molecule has 0 saturated carbocycles. The van der Waals surface area contributed by atoms with Crippen LogP contribution < -0.4 is 10.1 Å². The fraction of sp³-hybridized carbons (Fsp3) is 0.619. The minimum absolute atomic E-state index is 0.00563. The number of amides is 2. The summed E-state index contributed by atoms with van der Waals surface area (Å²) in [6.45, 7) is 6.52. The van der Waals surface area contributed by atoms with Crippen molar-refractivity contribution in [3.63, 3.8) is 0 Å². The zero-order chi connectivity index (χ0) is 20.1. The summed E-state index contributed by atoms with van der Waals surface area (Å²) in [4.78, 5) is 27.5. The first kappa shape index (κ1) is 20.6. The van der Waals surface area contributed by atoms with Gasteiger partial charge in [-0.2, -0.15) is 0 Å². The van der Waals surface area contributed by atoms with Gasteiger partial charge in [-0.3, -0.25) is 9.59 Å². The fourth-order valence-corrected chi connectivity index (χ4v) is 3.72. The van der Waals surface area contributed by atoms with Crippen molar-refractivity contribution in [2.45, 2.75) is 39.0 Å². The summed E-state index contributed by atoms with van der Waals surface area (Å²) < 4.78 is 16.3. The summed E-state index contributed by atoms with van der Waals surface area (Å²) in [6.07, 6.45) is 1.58. The van der Waals surface area contributed by atoms with Crippen molar-refractivity contribution >= 4 is 11.8 Å². The van der Waals surface area contributed by atoms with Crippen molar-refractivity contribution in [3.05, 3.63) is 29.8 Å². The monoisotopic (exact) mass is 390 g/mol. The number of methoxy groups -OCH3 is 1. The van der Waals surface area contributed by atoms with E-state index in [1.807, 2.05) is 18.7 Å². The Morgan fingerprint density at radius 2 is 1.71 bits per heavy atom. The number of benzene rings is 1. The first-order valence-corrected chi connectivity index (χ1v) is 9.96. The molecule has 0 aliphatic carbocycles. The van der Waals surface area contributed by atoms with Crippen LogP contribution in [0, 0.1) is 11.8 Å². The van der Waals surface area contributed by atoms with Gasteiger partial charge < -0.3 is 24.4 Å². The Morgan fingerprint density at radius 1 is 1.11 bits per heavy atom. The standard InChI is InChI=1S/C21H30N2O5/c1-14(2)18(22-19(24)15-4-6-17(26-3)7-5-15)20(25)23-10-8-16(9-11-23)21-27-12-13-28-21/h4-7,14,16,18,21H,8-13H2,1-3H3,(H,22,24). The van der Waals surface area contributed by atoms with Crippen LogP contribution in [-0.4, -0.2) is 62.5 Å². The van der Waals surface area contributed by atoms with Gasteiger partial charge in [0.15, 0.2) is 6.29 Å². The van der Waals surface area contributed by atoms with Crippen molar-refractivity contribution in [3.8, 4) is 5.75 Å². The van der Waals surface area contributed by atoms with Gasteiger partial charge in [0.25, 0.3) is 5.91 Å². The van der Waals surface area contributed by atoms with Crippen LogP contribution in [0.1, 0.15) is 37.0 Å². The maximum atomic E-state index is 13.1. The molecule has 7 heteroatoms. The van der Waals surface area contributed by atoms with E-state index in [-0.39, 0.29) is 24.0 Å². The molecule has 2 aliphatic rings. The summed E-state index contributed by atoms with van der Waals surface area (Å²) in [7, 11) is 1.58. The number of piperidine rings is 1. The third-order valence-corrected chi connectivity index (χ3v) is 5.46. The number of hydrogen-bond donors (Lipinski definition) is 1. The smallest absolute Gasteiger partial charge is 0.251 e. The van der Waals surface area contributed by atoms with E-state index >= 15 is 0 Å². The largest absolute Gasteiger partial charge is 0.497 e. The predicted octanol–water partition coefficient (Wildman–Crippen LogP) is 2.06. The average Bonchev–Trinajstić information content (AvgIpc) is 3.26. The van der Waals surface area contributed by atoms with Gasteiger partial charge in [0.1, 0.15) is 11.8 Å². The van der Waals surface area contributed by atoms with Gasteiger partial charge in [-0.1, -0.05) is 13.8 Å². The molecular formula is C21H30N2O5. The second-order valence-electron chi connectivity index (χ2n) is 7.70. The van der Waals surface area contributed by atoms with Gasteiger partial charge in [0.2, 0.25) is 5.91 Å². The topological polar surface area (TPSA) is 77.1 Å². The molecule has 2 saturated heterocycles. The molecule has 1 N–H and O–H groups in total. The van der Waals surface area contributed by atoms with Crippen LogP contribution >= 0.6 is 0 Å². The van der Waals surface area contributed by atoms with Crippen LogP contribution in [0.3, 0.4) is 0 Å². The lowest BCUT2D eigenvalue weighted by atomic mass is 9.94. The van der Waals surface area contributed by atoms with Gasteiger partial charge in [0, 0.05) is 24.6 Å². The predicted molar refractivity (Wildman–Crippen MR) is 104 cm³/mol. The van der Waals surface area contributed by atoms with Crippen LogP contribution in [0.2, 0.25) is 0 Å². The molecule has 2 aliphatic heterocycles. The highest BCUT2D eigenvalue weighted by molar-refractivity contribution is 5.97. The second-order valence-corrected chi connectivity index (χ2v) is 7.70. The number of nitrogens with one attached hydrogen (secondary N) is 1. The molecule has 1 aromatic carbocycles. The van der Waals surface area contributed by atoms with Crippen LogP contribution in [0.5, 0.6) is 5.75 Å². The zero-order valence-electron chi connectivity index (χ0n) is 16.8. The normalized spacial score (nSPS) is 19.6. The molecule has 0 spiro atoms. The van der Waals surface area contributed by atoms with Gasteiger partial charge >= 0.3 is 0 Å². The van der Waals surface area contributed by atoms with E-state index in [0.29, 0.717) is 43.5 Å². The highest BCUT2D eigenvalue weighted by Crippen LogP contribution is 2.26. The molecule has 154 valence electrons. The number of ether oxygens (including phenoxy) is 3. The van der Waals surface area contributed by atoms with Crippen LogP contribution in [0.4, 0.5) is 0 Å². The lowest BCUT2D eigenvalue weighted by Crippen LogP contribution is -2.53. The lowest BCUT2D eigenvalue weighted by Gasteiger charge is -2.36. The summed E-state index contributed by atoms with van der Waals surface area (Å²) in [5.74, 6) is 0.735. The minimum Gasteiger partial charge on any atom is -0.497 e. The van der Waals surface area contributed by atoms with E-state index in [1.165, 1.54) is 0 Å². The fourth-order valence-electron chi connectivity index (χ4n) is 3.72. The van der Waals surface area contributed by atoms with Crippen molar-refractivity contribution in [2.75, 3.05) is 33.4 Å². The molecule has 7 nitrogen and oxygen atoms in total. The third kappa shape index (κ3) is 4.83. The van der Waals surface area contributed by atoms with E-state index < -0.39 is 6.04 Å². The van der Waals surface area contributed by atoms with Crippen LogP contribution in [0.15, 0.2) is 24.3 Å². The molecule has 0 bridgehead atoms. The Hall–Kier alpha value is -2.12. The summed E-state index contributed by atoms with van der Waals surface area (Å²) in [6, 6.07) is 6.31. The Morgan fingerprint density at radius 3 is 2.25 bits per heavy atom. The molecule has 0 radical (unpaired) electrons. The number of carbonyl (C=O) groups excluding carboxylic acids is 2. The van der Waals surface area contributed by atoms with E-state index in [9.17, 15) is 9.59 Å². The Balaban J connectivity index is 1.58. The quantitative estimate of drug-likeness (QED) is 0.805. The van der Waals surface area contributed by atoms with Crippen molar-refractivity contribution in [1.29, 1.82) is 0 Å². The van der Waals surface area contributed by atoms with E-state index in [0.717, 1.165) is 12.8 Å². The maximum Gasteiger partial charge on any atom is 0.251 e. The molecule has 2 amide bonds. The van der Waals surface area contributed by atoms with E-state index in [4.69, 9.17) is 14.2 Å². The molecule has 0 aromatic heterocycles. The number of carbonyl (C=O) groups is 2. The molecule has 28 heavy (non-hydrogen) atoms. The van der Waals surface area contributed by atoms with Crippen LogP contribution in [-0.2, 0) is 14.3 Å². The Kier molecular flexibility index (Phi) is 6.91. The molecule has 1 atom stereocenters. The molecule has 3 rings (SSSR count). The number of hydrogen-bond acceptors (Lipinski definition) is 5. The molecule has 2 fully saturated rings. The highest BCUT2D eigenvalue weighted by atomic mass is 16.7. The molecule has 1 unspecified atom stereocenters. The summed E-state index contributed by atoms with van der Waals surface area (Å²) in [5.41, 5.74) is 0.508. The van der Waals surface area contributed by atoms with Crippen molar-refractivity contribution in [2.24, 2.45) is 11.8 Å². The van der Waals surface area contributed by atoms with E-state index in [2.05, 4.69) is 5.32 Å². The van der Waals surface area contributed by atoms with Crippen molar-refractivity contribution < 1.29 is 23.8 Å². The third-order valence-electron chi connectivity index (χ3n) is 5.46. The Labute approximate surface area is 166 Å². The first-order valence-electron chi connectivity index (χ1n) is 9.96. The van der Waals surface area contributed by atoms with Crippen molar-refractivity contribution in [1.82, 2.24) is 10.2 Å². The average molecular weight is 390 g/mol. The van der Waals surface area contributed by atoms with Gasteiger partial charge in [-0.15, -0.1) is 0 Å². The number of likely N-dealkylation sites (tertiary alicyclic amines) is 1.